The third-order valence-corrected chi connectivity index (χ3v) is 5.40. The van der Waals surface area contributed by atoms with Gasteiger partial charge in [-0.2, -0.15) is 0 Å². The minimum Gasteiger partial charge on any atom is -0.398 e. The number of halogens is 1. The van der Waals surface area contributed by atoms with Crippen molar-refractivity contribution in [3.63, 3.8) is 0 Å². The summed E-state index contributed by atoms with van der Waals surface area (Å²) in [6.07, 6.45) is 0. The van der Waals surface area contributed by atoms with E-state index < -0.39 is 0 Å². The Kier molecular flexibility index (Phi) is 3.30. The lowest BCUT2D eigenvalue weighted by molar-refractivity contribution is 0.103. The van der Waals surface area contributed by atoms with Gasteiger partial charge >= 0.3 is 0 Å². The van der Waals surface area contributed by atoms with Gasteiger partial charge < -0.3 is 11.1 Å². The number of thiophene rings is 2. The van der Waals surface area contributed by atoms with Gasteiger partial charge in [0.1, 0.15) is 0 Å². The number of benzene rings is 1. The second-order valence-corrected chi connectivity index (χ2v) is 6.84. The molecule has 3 aromatic rings. The smallest absolute Gasteiger partial charge is 0.265 e. The molecule has 0 bridgehead atoms. The van der Waals surface area contributed by atoms with Crippen LogP contribution in [0.3, 0.4) is 0 Å². The molecule has 0 fully saturated rings. The third-order valence-electron chi connectivity index (χ3n) is 2.62. The lowest BCUT2D eigenvalue weighted by atomic mass is 10.3. The van der Waals surface area contributed by atoms with Gasteiger partial charge in [-0.1, -0.05) is 0 Å². The largest absolute Gasteiger partial charge is 0.398 e. The van der Waals surface area contributed by atoms with Crippen LogP contribution in [0.15, 0.2) is 40.2 Å². The van der Waals surface area contributed by atoms with Crippen molar-refractivity contribution in [3.8, 4) is 0 Å². The number of fused-ring (bicyclic) bond motifs is 1. The molecule has 3 rings (SSSR count). The second-order valence-electron chi connectivity index (χ2n) is 3.95. The van der Waals surface area contributed by atoms with Gasteiger partial charge in [0.15, 0.2) is 0 Å². The van der Waals surface area contributed by atoms with E-state index in [9.17, 15) is 4.79 Å². The summed E-state index contributed by atoms with van der Waals surface area (Å²) in [5.74, 6) is -0.0925. The fourth-order valence-corrected chi connectivity index (χ4v) is 4.06. The maximum Gasteiger partial charge on any atom is 0.265 e. The number of nitrogens with two attached hydrogens (primary N) is 1. The summed E-state index contributed by atoms with van der Waals surface area (Å²) in [7, 11) is 0. The zero-order chi connectivity index (χ0) is 13.4. The first kappa shape index (κ1) is 12.7. The molecular weight excluding hydrogens is 344 g/mol. The van der Waals surface area contributed by atoms with Crippen molar-refractivity contribution >= 4 is 65.3 Å². The van der Waals surface area contributed by atoms with Crippen molar-refractivity contribution in [1.82, 2.24) is 0 Å². The van der Waals surface area contributed by atoms with Gasteiger partial charge in [0, 0.05) is 25.2 Å². The van der Waals surface area contributed by atoms with Gasteiger partial charge in [-0.3, -0.25) is 4.79 Å². The van der Waals surface area contributed by atoms with Crippen LogP contribution in [-0.2, 0) is 0 Å². The quantitative estimate of drug-likeness (QED) is 0.664. The molecule has 1 aromatic carbocycles. The molecule has 0 aliphatic carbocycles. The van der Waals surface area contributed by atoms with Gasteiger partial charge in [0.2, 0.25) is 0 Å². The summed E-state index contributed by atoms with van der Waals surface area (Å²) in [5.41, 5.74) is 7.08. The Hall–Kier alpha value is -1.37. The Labute approximate surface area is 126 Å². The second kappa shape index (κ2) is 4.96. The lowest BCUT2D eigenvalue weighted by Crippen LogP contribution is -2.10. The first-order valence-electron chi connectivity index (χ1n) is 5.47. The summed E-state index contributed by atoms with van der Waals surface area (Å²) in [4.78, 5) is 12.9. The van der Waals surface area contributed by atoms with Crippen LogP contribution in [0.2, 0.25) is 0 Å². The molecule has 0 spiro atoms. The molecule has 0 aliphatic rings. The fourth-order valence-electron chi connectivity index (χ4n) is 1.68. The Morgan fingerprint density at radius 1 is 1.21 bits per heavy atom. The number of carbonyl (C=O) groups excluding carboxylic acids is 1. The molecule has 3 N–H and O–H groups in total. The van der Waals surface area contributed by atoms with Crippen molar-refractivity contribution in [2.24, 2.45) is 0 Å². The number of hydrogen-bond acceptors (Lipinski definition) is 4. The molecule has 3 nitrogen and oxygen atoms in total. The topological polar surface area (TPSA) is 55.1 Å². The highest BCUT2D eigenvalue weighted by Gasteiger charge is 2.11. The van der Waals surface area contributed by atoms with E-state index in [-0.39, 0.29) is 5.91 Å². The highest BCUT2D eigenvalue weighted by atomic mass is 79.9. The summed E-state index contributed by atoms with van der Waals surface area (Å²) in [5, 5.41) is 4.90. The van der Waals surface area contributed by atoms with Gasteiger partial charge in [0.25, 0.3) is 5.91 Å². The summed E-state index contributed by atoms with van der Waals surface area (Å²) < 4.78 is 3.07. The van der Waals surface area contributed by atoms with E-state index in [2.05, 4.69) is 21.2 Å². The van der Waals surface area contributed by atoms with Crippen molar-refractivity contribution in [2.75, 3.05) is 11.1 Å². The predicted octanol–water partition coefficient (Wildman–Crippen LogP) is 4.56. The SMILES string of the molecule is Nc1ccc(NC(=O)c2cc3sccc3s2)cc1Br. The molecule has 0 radical (unpaired) electrons. The van der Waals surface area contributed by atoms with Crippen LogP contribution in [0, 0.1) is 0 Å². The van der Waals surface area contributed by atoms with E-state index in [1.165, 1.54) is 11.3 Å². The number of anilines is 2. The highest BCUT2D eigenvalue weighted by Crippen LogP contribution is 2.30. The van der Waals surface area contributed by atoms with Crippen LogP contribution in [0.1, 0.15) is 9.67 Å². The maximum atomic E-state index is 12.1. The molecule has 19 heavy (non-hydrogen) atoms. The van der Waals surface area contributed by atoms with Crippen LogP contribution >= 0.6 is 38.6 Å². The average molecular weight is 353 g/mol. The van der Waals surface area contributed by atoms with Crippen LogP contribution < -0.4 is 11.1 Å². The number of rotatable bonds is 2. The molecule has 0 atom stereocenters. The Bertz CT molecular complexity index is 734. The van der Waals surface area contributed by atoms with Gasteiger partial charge in [-0.25, -0.2) is 0 Å². The number of hydrogen-bond donors (Lipinski definition) is 2. The first-order chi connectivity index (χ1) is 9.13. The maximum absolute atomic E-state index is 12.1. The molecule has 2 heterocycles. The Balaban J connectivity index is 1.84. The number of carbonyl (C=O) groups is 1. The Morgan fingerprint density at radius 3 is 2.79 bits per heavy atom. The number of nitrogens with one attached hydrogen (secondary N) is 1. The molecule has 0 unspecified atom stereocenters. The van der Waals surface area contributed by atoms with Crippen LogP contribution in [-0.4, -0.2) is 5.91 Å². The standard InChI is InChI=1S/C13H9BrN2OS2/c14-8-5-7(1-2-9(8)15)16-13(17)12-6-11-10(19-12)3-4-18-11/h1-6H,15H2,(H,16,17). The molecule has 96 valence electrons. The van der Waals surface area contributed by atoms with Crippen molar-refractivity contribution in [3.05, 3.63) is 45.1 Å². The fraction of sp³-hybridized carbons (Fsp3) is 0. The van der Waals surface area contributed by atoms with E-state index in [4.69, 9.17) is 5.73 Å². The predicted molar refractivity (Wildman–Crippen MR) is 86.2 cm³/mol. The van der Waals surface area contributed by atoms with E-state index in [0.29, 0.717) is 5.69 Å². The van der Waals surface area contributed by atoms with E-state index in [1.54, 1.807) is 29.5 Å². The van der Waals surface area contributed by atoms with Gasteiger partial charge in [0.05, 0.1) is 4.88 Å². The third kappa shape index (κ3) is 2.51. The van der Waals surface area contributed by atoms with Crippen molar-refractivity contribution < 1.29 is 4.79 Å². The average Bonchev–Trinajstić information content (AvgIpc) is 2.94. The molecule has 0 aliphatic heterocycles. The van der Waals surface area contributed by atoms with Crippen LogP contribution in [0.5, 0.6) is 0 Å². The monoisotopic (exact) mass is 352 g/mol. The summed E-state index contributed by atoms with van der Waals surface area (Å²) >= 11 is 6.49. The molecular formula is C13H9BrN2OS2. The highest BCUT2D eigenvalue weighted by molar-refractivity contribution is 9.10. The zero-order valence-electron chi connectivity index (χ0n) is 9.64. The van der Waals surface area contributed by atoms with Crippen molar-refractivity contribution in [1.29, 1.82) is 0 Å². The number of nitrogen functional groups attached to an aromatic ring is 1. The molecule has 6 heteroatoms. The summed E-state index contributed by atoms with van der Waals surface area (Å²) in [6, 6.07) is 9.29. The van der Waals surface area contributed by atoms with E-state index >= 15 is 0 Å². The minimum absolute atomic E-state index is 0.0925. The lowest BCUT2D eigenvalue weighted by Gasteiger charge is -2.05. The first-order valence-corrected chi connectivity index (χ1v) is 7.96. The van der Waals surface area contributed by atoms with Crippen LogP contribution in [0.25, 0.3) is 9.40 Å². The van der Waals surface area contributed by atoms with Crippen LogP contribution in [0.4, 0.5) is 11.4 Å². The zero-order valence-corrected chi connectivity index (χ0v) is 12.9. The molecule has 0 saturated carbocycles. The van der Waals surface area contributed by atoms with E-state index in [0.717, 1.165) is 24.4 Å². The summed E-state index contributed by atoms with van der Waals surface area (Å²) in [6.45, 7) is 0. The van der Waals surface area contributed by atoms with E-state index in [1.807, 2.05) is 17.5 Å². The Morgan fingerprint density at radius 2 is 2.05 bits per heavy atom. The number of amides is 1. The van der Waals surface area contributed by atoms with Gasteiger partial charge in [-0.05, 0) is 51.6 Å². The van der Waals surface area contributed by atoms with Gasteiger partial charge in [-0.15, -0.1) is 22.7 Å². The minimum atomic E-state index is -0.0925. The molecule has 1 amide bonds. The van der Waals surface area contributed by atoms with Crippen molar-refractivity contribution in [2.45, 2.75) is 0 Å². The normalized spacial score (nSPS) is 10.8. The molecule has 0 saturated heterocycles. The molecule has 2 aromatic heterocycles.